The molecule has 0 fully saturated rings. The van der Waals surface area contributed by atoms with Gasteiger partial charge in [-0.2, -0.15) is 0 Å². The molecule has 0 aliphatic carbocycles. The molecule has 0 atom stereocenters. The lowest BCUT2D eigenvalue weighted by Gasteiger charge is -2.06. The minimum absolute atomic E-state index is 0.00125. The van der Waals surface area contributed by atoms with Crippen molar-refractivity contribution < 1.29 is 9.59 Å². The second-order valence-electron chi connectivity index (χ2n) is 3.97. The Hall–Kier alpha value is -1.83. The zero-order valence-electron chi connectivity index (χ0n) is 11.5. The van der Waals surface area contributed by atoms with Gasteiger partial charge in [0.05, 0.1) is 12.3 Å². The molecule has 0 unspecified atom stereocenters. The van der Waals surface area contributed by atoms with Crippen LogP contribution in [0.2, 0.25) is 0 Å². The van der Waals surface area contributed by atoms with Gasteiger partial charge in [-0.3, -0.25) is 9.59 Å². The number of carbonyl (C=O) groups is 2. The molecule has 7 nitrogen and oxygen atoms in total. The van der Waals surface area contributed by atoms with Gasteiger partial charge in [0, 0.05) is 13.1 Å². The molecular formula is C12H19N5O2S. The Kier molecular flexibility index (Phi) is 7.41. The van der Waals surface area contributed by atoms with Crippen LogP contribution in [0.1, 0.15) is 13.3 Å². The van der Waals surface area contributed by atoms with Crippen molar-refractivity contribution in [1.29, 1.82) is 0 Å². The van der Waals surface area contributed by atoms with E-state index in [0.717, 1.165) is 6.42 Å². The van der Waals surface area contributed by atoms with E-state index in [2.05, 4.69) is 27.4 Å². The lowest BCUT2D eigenvalue weighted by molar-refractivity contribution is -0.124. The summed E-state index contributed by atoms with van der Waals surface area (Å²) in [6.07, 6.45) is 4.18. The molecule has 1 aromatic heterocycles. The summed E-state index contributed by atoms with van der Waals surface area (Å²) in [6, 6.07) is 0. The molecule has 0 aromatic carbocycles. The van der Waals surface area contributed by atoms with E-state index in [1.54, 1.807) is 17.0 Å². The molecule has 110 valence electrons. The Morgan fingerprint density at radius 3 is 2.95 bits per heavy atom. The van der Waals surface area contributed by atoms with Gasteiger partial charge in [-0.1, -0.05) is 24.8 Å². The maximum absolute atomic E-state index is 11.6. The zero-order valence-corrected chi connectivity index (χ0v) is 12.3. The first-order valence-corrected chi connectivity index (χ1v) is 7.30. The molecule has 20 heavy (non-hydrogen) atoms. The summed E-state index contributed by atoms with van der Waals surface area (Å²) in [5.74, 6) is -0.202. The molecule has 1 heterocycles. The van der Waals surface area contributed by atoms with E-state index in [1.807, 2.05) is 6.92 Å². The maximum Gasteiger partial charge on any atom is 0.239 e. The van der Waals surface area contributed by atoms with Crippen molar-refractivity contribution in [1.82, 2.24) is 25.4 Å². The van der Waals surface area contributed by atoms with E-state index in [0.29, 0.717) is 18.2 Å². The molecule has 0 spiro atoms. The van der Waals surface area contributed by atoms with Crippen LogP contribution in [0.25, 0.3) is 0 Å². The van der Waals surface area contributed by atoms with Gasteiger partial charge in [-0.15, -0.1) is 16.8 Å². The van der Waals surface area contributed by atoms with Crippen LogP contribution in [0, 0.1) is 0 Å². The molecule has 0 bridgehead atoms. The van der Waals surface area contributed by atoms with Crippen molar-refractivity contribution in [3.63, 3.8) is 0 Å². The van der Waals surface area contributed by atoms with Crippen molar-refractivity contribution in [3.05, 3.63) is 19.0 Å². The van der Waals surface area contributed by atoms with Crippen LogP contribution in [0.5, 0.6) is 0 Å². The van der Waals surface area contributed by atoms with Crippen LogP contribution in [0.15, 0.2) is 24.1 Å². The number of allylic oxidation sites excluding steroid dienone is 1. The van der Waals surface area contributed by atoms with Crippen LogP contribution in [0.3, 0.4) is 0 Å². The van der Waals surface area contributed by atoms with Gasteiger partial charge in [0.1, 0.15) is 6.33 Å². The fourth-order valence-corrected chi connectivity index (χ4v) is 2.06. The SMILES string of the molecule is C=CCn1cnnc1SCC(=O)NCC(=O)NCCC. The Morgan fingerprint density at radius 1 is 1.45 bits per heavy atom. The number of nitrogens with one attached hydrogen (secondary N) is 2. The molecule has 2 amide bonds. The molecule has 8 heteroatoms. The Labute approximate surface area is 122 Å². The van der Waals surface area contributed by atoms with Crippen molar-refractivity contribution in [2.45, 2.75) is 25.0 Å². The number of rotatable bonds is 9. The normalized spacial score (nSPS) is 10.1. The van der Waals surface area contributed by atoms with Crippen LogP contribution >= 0.6 is 11.8 Å². The molecule has 2 N–H and O–H groups in total. The predicted octanol–water partition coefficient (Wildman–Crippen LogP) is 0.199. The molecule has 1 aromatic rings. The predicted molar refractivity (Wildman–Crippen MR) is 77.3 cm³/mol. The van der Waals surface area contributed by atoms with Crippen LogP contribution in [-0.2, 0) is 16.1 Å². The van der Waals surface area contributed by atoms with E-state index in [9.17, 15) is 9.59 Å². The van der Waals surface area contributed by atoms with Gasteiger partial charge < -0.3 is 15.2 Å². The smallest absolute Gasteiger partial charge is 0.239 e. The first-order chi connectivity index (χ1) is 9.67. The van der Waals surface area contributed by atoms with Gasteiger partial charge in [-0.05, 0) is 6.42 Å². The highest BCUT2D eigenvalue weighted by Gasteiger charge is 2.09. The van der Waals surface area contributed by atoms with E-state index >= 15 is 0 Å². The van der Waals surface area contributed by atoms with Crippen LogP contribution < -0.4 is 10.6 Å². The van der Waals surface area contributed by atoms with Crippen molar-refractivity contribution in [3.8, 4) is 0 Å². The lowest BCUT2D eigenvalue weighted by atomic mass is 10.4. The van der Waals surface area contributed by atoms with Gasteiger partial charge in [0.25, 0.3) is 0 Å². The fourth-order valence-electron chi connectivity index (χ4n) is 1.31. The fraction of sp³-hybridized carbons (Fsp3) is 0.500. The van der Waals surface area contributed by atoms with Gasteiger partial charge >= 0.3 is 0 Å². The third kappa shape index (κ3) is 5.87. The second kappa shape index (κ2) is 9.13. The lowest BCUT2D eigenvalue weighted by Crippen LogP contribution is -2.37. The Morgan fingerprint density at radius 2 is 2.25 bits per heavy atom. The van der Waals surface area contributed by atoms with E-state index in [-0.39, 0.29) is 24.1 Å². The van der Waals surface area contributed by atoms with E-state index < -0.39 is 0 Å². The molecular weight excluding hydrogens is 278 g/mol. The average Bonchev–Trinajstić information content (AvgIpc) is 2.88. The molecule has 0 radical (unpaired) electrons. The third-order valence-electron chi connectivity index (χ3n) is 2.26. The van der Waals surface area contributed by atoms with Gasteiger partial charge in [0.15, 0.2) is 5.16 Å². The summed E-state index contributed by atoms with van der Waals surface area (Å²) in [4.78, 5) is 22.9. The minimum atomic E-state index is -0.213. The minimum Gasteiger partial charge on any atom is -0.355 e. The maximum atomic E-state index is 11.6. The van der Waals surface area contributed by atoms with Crippen LogP contribution in [0.4, 0.5) is 0 Å². The van der Waals surface area contributed by atoms with Gasteiger partial charge in [-0.25, -0.2) is 0 Å². The third-order valence-corrected chi connectivity index (χ3v) is 3.24. The van der Waals surface area contributed by atoms with Crippen molar-refractivity contribution in [2.75, 3.05) is 18.8 Å². The largest absolute Gasteiger partial charge is 0.355 e. The molecule has 1 rings (SSSR count). The zero-order chi connectivity index (χ0) is 14.8. The quantitative estimate of drug-likeness (QED) is 0.502. The Balaban J connectivity index is 2.27. The summed E-state index contributed by atoms with van der Waals surface area (Å²) in [5.41, 5.74) is 0. The number of hydrogen-bond acceptors (Lipinski definition) is 5. The van der Waals surface area contributed by atoms with Crippen molar-refractivity contribution in [2.24, 2.45) is 0 Å². The number of hydrogen-bond donors (Lipinski definition) is 2. The number of aromatic nitrogens is 3. The summed E-state index contributed by atoms with van der Waals surface area (Å²) < 4.78 is 1.79. The highest BCUT2D eigenvalue weighted by Crippen LogP contribution is 2.13. The highest BCUT2D eigenvalue weighted by atomic mass is 32.2. The molecule has 0 saturated heterocycles. The van der Waals surface area contributed by atoms with Crippen LogP contribution in [-0.4, -0.2) is 45.4 Å². The first-order valence-electron chi connectivity index (χ1n) is 6.32. The monoisotopic (exact) mass is 297 g/mol. The summed E-state index contributed by atoms with van der Waals surface area (Å²) in [7, 11) is 0. The second-order valence-corrected chi connectivity index (χ2v) is 4.91. The summed E-state index contributed by atoms with van der Waals surface area (Å²) in [6.45, 7) is 6.81. The number of nitrogens with zero attached hydrogens (tertiary/aromatic N) is 3. The first kappa shape index (κ1) is 16.2. The Bertz CT molecular complexity index is 460. The topological polar surface area (TPSA) is 88.9 Å². The molecule has 0 saturated carbocycles. The standard InChI is InChI=1S/C12H19N5O2S/c1-3-5-13-10(18)7-14-11(19)8-20-12-16-15-9-17(12)6-4-2/h4,9H,2-3,5-8H2,1H3,(H,13,18)(H,14,19). The van der Waals surface area contributed by atoms with Crippen molar-refractivity contribution >= 4 is 23.6 Å². The number of carbonyl (C=O) groups excluding carboxylic acids is 2. The average molecular weight is 297 g/mol. The molecule has 0 aliphatic heterocycles. The number of amides is 2. The number of thioether (sulfide) groups is 1. The highest BCUT2D eigenvalue weighted by molar-refractivity contribution is 7.99. The van der Waals surface area contributed by atoms with Gasteiger partial charge in [0.2, 0.25) is 11.8 Å². The van der Waals surface area contributed by atoms with E-state index in [4.69, 9.17) is 0 Å². The summed E-state index contributed by atoms with van der Waals surface area (Å²) in [5, 5.41) is 13.6. The van der Waals surface area contributed by atoms with E-state index in [1.165, 1.54) is 11.8 Å². The summed E-state index contributed by atoms with van der Waals surface area (Å²) >= 11 is 1.27. The molecule has 0 aliphatic rings.